The van der Waals surface area contributed by atoms with Crippen molar-refractivity contribution in [2.75, 3.05) is 33.8 Å². The summed E-state index contributed by atoms with van der Waals surface area (Å²) >= 11 is 0. The lowest BCUT2D eigenvalue weighted by atomic mass is 9.74. The summed E-state index contributed by atoms with van der Waals surface area (Å²) in [5.74, 6) is 0.674. The fourth-order valence-corrected chi connectivity index (χ4v) is 2.94. The van der Waals surface area contributed by atoms with Crippen molar-refractivity contribution in [2.24, 2.45) is 4.99 Å². The van der Waals surface area contributed by atoms with Gasteiger partial charge in [-0.1, -0.05) is 12.2 Å². The van der Waals surface area contributed by atoms with Gasteiger partial charge in [-0.05, 0) is 39.0 Å². The number of nitrogens with one attached hydrogen (secondary N) is 2. The zero-order valence-corrected chi connectivity index (χ0v) is 14.7. The average Bonchev–Trinajstić information content (AvgIpc) is 2.48. The molecule has 2 fully saturated rings. The lowest BCUT2D eigenvalue weighted by Crippen LogP contribution is -2.54. The van der Waals surface area contributed by atoms with Gasteiger partial charge in [-0.15, -0.1) is 0 Å². The summed E-state index contributed by atoms with van der Waals surface area (Å²) < 4.78 is 5.97. The maximum absolute atomic E-state index is 11.8. The molecule has 6 heteroatoms. The minimum atomic E-state index is -0.0103. The van der Waals surface area contributed by atoms with E-state index in [1.54, 1.807) is 19.0 Å². The molecule has 1 amide bonds. The van der Waals surface area contributed by atoms with Gasteiger partial charge < -0.3 is 20.3 Å². The van der Waals surface area contributed by atoms with E-state index in [1.807, 2.05) is 6.92 Å². The predicted molar refractivity (Wildman–Crippen MR) is 92.5 cm³/mol. The number of hydrogen-bond acceptors (Lipinski definition) is 3. The van der Waals surface area contributed by atoms with Crippen LogP contribution in [-0.2, 0) is 9.53 Å². The number of hydrogen-bond donors (Lipinski definition) is 2. The SMILES string of the molecule is C=C(C)CNC(=NCC(=O)N(C)C)NC1CCOC2(CCC2)C1. The Kier molecular flexibility index (Phi) is 6.04. The van der Waals surface area contributed by atoms with Gasteiger partial charge in [0, 0.05) is 33.3 Å². The van der Waals surface area contributed by atoms with E-state index in [0.717, 1.165) is 37.9 Å². The first-order valence-electron chi connectivity index (χ1n) is 8.43. The zero-order valence-electron chi connectivity index (χ0n) is 14.7. The average molecular weight is 322 g/mol. The molecule has 0 aromatic heterocycles. The Hall–Kier alpha value is -1.56. The van der Waals surface area contributed by atoms with Crippen LogP contribution < -0.4 is 10.6 Å². The van der Waals surface area contributed by atoms with Crippen LogP contribution in [0, 0.1) is 0 Å². The number of nitrogens with zero attached hydrogens (tertiary/aromatic N) is 2. The number of likely N-dealkylation sites (N-methyl/N-ethyl adjacent to an activating group) is 1. The molecule has 130 valence electrons. The van der Waals surface area contributed by atoms with Crippen molar-refractivity contribution in [2.45, 2.75) is 50.7 Å². The summed E-state index contributed by atoms with van der Waals surface area (Å²) in [4.78, 5) is 17.7. The number of aliphatic imine (C=N–C) groups is 1. The largest absolute Gasteiger partial charge is 0.375 e. The van der Waals surface area contributed by atoms with Gasteiger partial charge in [-0.25, -0.2) is 4.99 Å². The first kappa shape index (κ1) is 17.8. The van der Waals surface area contributed by atoms with E-state index in [0.29, 0.717) is 18.5 Å². The Morgan fingerprint density at radius 2 is 2.17 bits per heavy atom. The topological polar surface area (TPSA) is 66.0 Å². The standard InChI is InChI=1S/C17H30N4O2/c1-13(2)11-18-16(19-12-15(22)21(3)4)20-14-6-9-23-17(10-14)7-5-8-17/h14H,1,5-12H2,2-4H3,(H2,18,19,20). The van der Waals surface area contributed by atoms with Gasteiger partial charge in [0.05, 0.1) is 5.60 Å². The zero-order chi connectivity index (χ0) is 16.9. The molecule has 0 aromatic carbocycles. The molecule has 1 saturated carbocycles. The third kappa shape index (κ3) is 5.23. The fraction of sp³-hybridized carbons (Fsp3) is 0.765. The van der Waals surface area contributed by atoms with Crippen molar-refractivity contribution >= 4 is 11.9 Å². The maximum Gasteiger partial charge on any atom is 0.243 e. The number of amides is 1. The molecule has 1 saturated heterocycles. The maximum atomic E-state index is 11.8. The molecule has 2 N–H and O–H groups in total. The molecule has 0 radical (unpaired) electrons. The Balaban J connectivity index is 1.94. The Bertz CT molecular complexity index is 469. The van der Waals surface area contributed by atoms with Crippen LogP contribution in [0.3, 0.4) is 0 Å². The first-order chi connectivity index (χ1) is 10.9. The van der Waals surface area contributed by atoms with Crippen LogP contribution in [0.2, 0.25) is 0 Å². The molecule has 1 atom stereocenters. The van der Waals surface area contributed by atoms with E-state index in [2.05, 4.69) is 22.2 Å². The molecule has 23 heavy (non-hydrogen) atoms. The van der Waals surface area contributed by atoms with E-state index in [9.17, 15) is 4.79 Å². The normalized spacial score (nSPS) is 23.1. The molecule has 1 aliphatic carbocycles. The summed E-state index contributed by atoms with van der Waals surface area (Å²) in [5, 5.41) is 6.73. The molecule has 2 rings (SSSR count). The molecule has 1 heterocycles. The minimum Gasteiger partial charge on any atom is -0.375 e. The summed E-state index contributed by atoms with van der Waals surface area (Å²) in [6.45, 7) is 7.46. The van der Waals surface area contributed by atoms with Crippen molar-refractivity contribution in [3.05, 3.63) is 12.2 Å². The molecule has 1 aliphatic heterocycles. The van der Waals surface area contributed by atoms with Gasteiger partial charge in [0.25, 0.3) is 0 Å². The number of guanidine groups is 1. The molecule has 1 unspecified atom stereocenters. The number of ether oxygens (including phenoxy) is 1. The van der Waals surface area contributed by atoms with E-state index >= 15 is 0 Å². The van der Waals surface area contributed by atoms with E-state index in [-0.39, 0.29) is 18.1 Å². The molecule has 1 spiro atoms. The van der Waals surface area contributed by atoms with Gasteiger partial charge in [0.2, 0.25) is 5.91 Å². The lowest BCUT2D eigenvalue weighted by Gasteiger charge is -2.47. The van der Waals surface area contributed by atoms with Crippen LogP contribution in [-0.4, -0.2) is 62.2 Å². The lowest BCUT2D eigenvalue weighted by molar-refractivity contribution is -0.134. The van der Waals surface area contributed by atoms with E-state index in [4.69, 9.17) is 4.74 Å². The van der Waals surface area contributed by atoms with Crippen LogP contribution in [0.1, 0.15) is 39.0 Å². The minimum absolute atomic E-state index is 0.0103. The van der Waals surface area contributed by atoms with E-state index in [1.165, 1.54) is 6.42 Å². The second-order valence-corrected chi connectivity index (χ2v) is 6.98. The highest BCUT2D eigenvalue weighted by Crippen LogP contribution is 2.42. The number of carbonyl (C=O) groups excluding carboxylic acids is 1. The van der Waals surface area contributed by atoms with Crippen LogP contribution >= 0.6 is 0 Å². The van der Waals surface area contributed by atoms with Crippen molar-refractivity contribution in [3.8, 4) is 0 Å². The number of carbonyl (C=O) groups is 1. The van der Waals surface area contributed by atoms with Crippen molar-refractivity contribution in [3.63, 3.8) is 0 Å². The third-order valence-electron chi connectivity index (χ3n) is 4.53. The van der Waals surface area contributed by atoms with Gasteiger partial charge >= 0.3 is 0 Å². The van der Waals surface area contributed by atoms with Crippen molar-refractivity contribution < 1.29 is 9.53 Å². The number of rotatable bonds is 5. The Morgan fingerprint density at radius 1 is 1.43 bits per heavy atom. The summed E-state index contributed by atoms with van der Waals surface area (Å²) in [5.41, 5.74) is 1.12. The molecule has 0 aromatic rings. The summed E-state index contributed by atoms with van der Waals surface area (Å²) in [6, 6.07) is 0.342. The molecule has 2 aliphatic rings. The van der Waals surface area contributed by atoms with Crippen LogP contribution in [0.4, 0.5) is 0 Å². The fourth-order valence-electron chi connectivity index (χ4n) is 2.94. The van der Waals surface area contributed by atoms with Gasteiger partial charge in [-0.3, -0.25) is 4.79 Å². The summed E-state index contributed by atoms with van der Waals surface area (Å²) in [6.07, 6.45) is 5.57. The van der Waals surface area contributed by atoms with Crippen molar-refractivity contribution in [1.82, 2.24) is 15.5 Å². The second kappa shape index (κ2) is 7.81. The van der Waals surface area contributed by atoms with Gasteiger partial charge in [0.1, 0.15) is 6.54 Å². The predicted octanol–water partition coefficient (Wildman–Crippen LogP) is 1.29. The van der Waals surface area contributed by atoms with Gasteiger partial charge in [-0.2, -0.15) is 0 Å². The third-order valence-corrected chi connectivity index (χ3v) is 4.53. The first-order valence-corrected chi connectivity index (χ1v) is 8.43. The monoisotopic (exact) mass is 322 g/mol. The van der Waals surface area contributed by atoms with E-state index < -0.39 is 0 Å². The van der Waals surface area contributed by atoms with Crippen LogP contribution in [0.25, 0.3) is 0 Å². The van der Waals surface area contributed by atoms with Crippen LogP contribution in [0.5, 0.6) is 0 Å². The molecular weight excluding hydrogens is 292 g/mol. The second-order valence-electron chi connectivity index (χ2n) is 6.98. The highest BCUT2D eigenvalue weighted by atomic mass is 16.5. The summed E-state index contributed by atoms with van der Waals surface area (Å²) in [7, 11) is 3.48. The molecular formula is C17H30N4O2. The van der Waals surface area contributed by atoms with Crippen LogP contribution in [0.15, 0.2) is 17.1 Å². The Labute approximate surface area is 139 Å². The molecule has 6 nitrogen and oxygen atoms in total. The van der Waals surface area contributed by atoms with Gasteiger partial charge in [0.15, 0.2) is 5.96 Å². The highest BCUT2D eigenvalue weighted by molar-refractivity contribution is 5.85. The quantitative estimate of drug-likeness (QED) is 0.455. The smallest absolute Gasteiger partial charge is 0.243 e. The Morgan fingerprint density at radius 3 is 2.74 bits per heavy atom. The highest BCUT2D eigenvalue weighted by Gasteiger charge is 2.42. The van der Waals surface area contributed by atoms with Crippen molar-refractivity contribution in [1.29, 1.82) is 0 Å². The molecule has 0 bridgehead atoms.